The van der Waals surface area contributed by atoms with Gasteiger partial charge >= 0.3 is 11.9 Å². The van der Waals surface area contributed by atoms with Gasteiger partial charge in [-0.3, -0.25) is 9.59 Å². The number of cyclic esters (lactones) is 2. The molecule has 2 aromatic carbocycles. The van der Waals surface area contributed by atoms with Crippen LogP contribution in [-0.4, -0.2) is 30.3 Å². The summed E-state index contributed by atoms with van der Waals surface area (Å²) in [7, 11) is 0. The molecule has 3 heterocycles. The van der Waals surface area contributed by atoms with Crippen LogP contribution in [0, 0.1) is 5.41 Å². The zero-order valence-corrected chi connectivity index (χ0v) is 16.8. The van der Waals surface area contributed by atoms with Crippen LogP contribution in [0.25, 0.3) is 0 Å². The number of hydrogen-bond acceptors (Lipinski definition) is 5. The normalized spacial score (nSPS) is 26.9. The zero-order valence-electron chi connectivity index (χ0n) is 16.8. The average molecular weight is 391 g/mol. The molecule has 2 fully saturated rings. The van der Waals surface area contributed by atoms with Crippen LogP contribution in [0.5, 0.6) is 0 Å². The Hall–Kier alpha value is -2.82. The van der Waals surface area contributed by atoms with E-state index in [2.05, 4.69) is 23.1 Å². The van der Waals surface area contributed by atoms with Crippen molar-refractivity contribution in [3.63, 3.8) is 0 Å². The molecule has 0 amide bonds. The summed E-state index contributed by atoms with van der Waals surface area (Å²) in [5.41, 5.74) is 2.03. The molecule has 150 valence electrons. The topological polar surface area (TPSA) is 55.8 Å². The molecule has 5 heteroatoms. The second kappa shape index (κ2) is 6.34. The lowest BCUT2D eigenvalue weighted by atomic mass is 9.65. The van der Waals surface area contributed by atoms with Crippen molar-refractivity contribution < 1.29 is 19.1 Å². The van der Waals surface area contributed by atoms with E-state index in [1.54, 1.807) is 13.8 Å². The highest BCUT2D eigenvalue weighted by atomic mass is 16.7. The van der Waals surface area contributed by atoms with Crippen LogP contribution >= 0.6 is 0 Å². The fraction of sp³-hybridized carbons (Fsp3) is 0.417. The third kappa shape index (κ3) is 2.75. The van der Waals surface area contributed by atoms with Gasteiger partial charge in [0.1, 0.15) is 0 Å². The molecule has 0 unspecified atom stereocenters. The van der Waals surface area contributed by atoms with Crippen molar-refractivity contribution in [2.45, 2.75) is 50.9 Å². The fourth-order valence-corrected chi connectivity index (χ4v) is 5.26. The van der Waals surface area contributed by atoms with Gasteiger partial charge in [0.05, 0.1) is 6.04 Å². The number of hydrogen-bond donors (Lipinski definition) is 0. The number of esters is 2. The summed E-state index contributed by atoms with van der Waals surface area (Å²) in [6.07, 6.45) is 2.00. The molecular formula is C24H25NO4. The Bertz CT molecular complexity index is 948. The first-order valence-electron chi connectivity index (χ1n) is 10.3. The third-order valence-corrected chi connectivity index (χ3v) is 6.62. The van der Waals surface area contributed by atoms with Crippen LogP contribution in [0.15, 0.2) is 54.6 Å². The van der Waals surface area contributed by atoms with Gasteiger partial charge in [-0.25, -0.2) is 0 Å². The second-order valence-electron chi connectivity index (χ2n) is 8.80. The summed E-state index contributed by atoms with van der Waals surface area (Å²) < 4.78 is 11.3. The smallest absolute Gasteiger partial charge is 0.329 e. The number of anilines is 1. The summed E-state index contributed by atoms with van der Waals surface area (Å²) in [6, 6.07) is 18.1. The van der Waals surface area contributed by atoms with Gasteiger partial charge in [0.25, 0.3) is 5.79 Å². The predicted molar refractivity (Wildman–Crippen MR) is 108 cm³/mol. The second-order valence-corrected chi connectivity index (χ2v) is 8.80. The van der Waals surface area contributed by atoms with Crippen molar-refractivity contribution in [1.82, 2.24) is 0 Å². The van der Waals surface area contributed by atoms with Crippen molar-refractivity contribution in [3.05, 3.63) is 65.7 Å². The largest absolute Gasteiger partial charge is 0.422 e. The average Bonchev–Trinajstić information content (AvgIpc) is 2.71. The predicted octanol–water partition coefficient (Wildman–Crippen LogP) is 3.82. The van der Waals surface area contributed by atoms with Crippen molar-refractivity contribution in [2.75, 3.05) is 11.4 Å². The quantitative estimate of drug-likeness (QED) is 0.546. The molecule has 3 aliphatic rings. The first-order chi connectivity index (χ1) is 13.9. The van der Waals surface area contributed by atoms with E-state index in [0.29, 0.717) is 12.8 Å². The SMILES string of the molecule is CC1(C)OC(=O)C2(Cc3ccccc3N3CC[C@H](c4ccccc4)C[C@@H]32)C(=O)O1. The maximum absolute atomic E-state index is 13.4. The lowest BCUT2D eigenvalue weighted by Gasteiger charge is -2.54. The molecule has 0 bridgehead atoms. The van der Waals surface area contributed by atoms with Crippen molar-refractivity contribution in [3.8, 4) is 0 Å². The molecule has 3 aliphatic heterocycles. The van der Waals surface area contributed by atoms with Gasteiger partial charge < -0.3 is 14.4 Å². The monoisotopic (exact) mass is 391 g/mol. The summed E-state index contributed by atoms with van der Waals surface area (Å²) in [6.45, 7) is 4.00. The van der Waals surface area contributed by atoms with E-state index in [0.717, 1.165) is 24.2 Å². The summed E-state index contributed by atoms with van der Waals surface area (Å²) >= 11 is 0. The van der Waals surface area contributed by atoms with Crippen LogP contribution in [-0.2, 0) is 25.5 Å². The standard InChI is InChI=1S/C24H25NO4/c1-23(2)28-21(26)24(22(27)29-23)15-18-10-6-7-11-19(18)25-13-12-17(14-20(24)25)16-8-4-3-5-9-16/h3-11,17,20H,12-15H2,1-2H3/t17-,20+/m0/s1. The van der Waals surface area contributed by atoms with E-state index >= 15 is 0 Å². The Morgan fingerprint density at radius 3 is 2.31 bits per heavy atom. The number of rotatable bonds is 1. The number of ether oxygens (including phenoxy) is 2. The Balaban J connectivity index is 1.61. The summed E-state index contributed by atoms with van der Waals surface area (Å²) in [5, 5.41) is 0. The van der Waals surface area contributed by atoms with Gasteiger partial charge in [0.2, 0.25) is 0 Å². The number of benzene rings is 2. The third-order valence-electron chi connectivity index (χ3n) is 6.62. The van der Waals surface area contributed by atoms with E-state index in [1.807, 2.05) is 36.4 Å². The van der Waals surface area contributed by atoms with E-state index in [4.69, 9.17) is 9.47 Å². The van der Waals surface area contributed by atoms with Crippen LogP contribution < -0.4 is 4.90 Å². The van der Waals surface area contributed by atoms with Gasteiger partial charge in [-0.2, -0.15) is 0 Å². The number of carbonyl (C=O) groups excluding carboxylic acids is 2. The van der Waals surface area contributed by atoms with Crippen LogP contribution in [0.2, 0.25) is 0 Å². The molecule has 29 heavy (non-hydrogen) atoms. The minimum atomic E-state index is -1.32. The van der Waals surface area contributed by atoms with Crippen molar-refractivity contribution in [1.29, 1.82) is 0 Å². The highest BCUT2D eigenvalue weighted by Gasteiger charge is 2.64. The maximum Gasteiger partial charge on any atom is 0.329 e. The lowest BCUT2D eigenvalue weighted by molar-refractivity contribution is -0.253. The van der Waals surface area contributed by atoms with Gasteiger partial charge in [-0.1, -0.05) is 48.5 Å². The molecular weight excluding hydrogens is 366 g/mol. The van der Waals surface area contributed by atoms with Gasteiger partial charge in [-0.15, -0.1) is 0 Å². The summed E-state index contributed by atoms with van der Waals surface area (Å²) in [5.74, 6) is -1.86. The number of carbonyl (C=O) groups is 2. The first-order valence-corrected chi connectivity index (χ1v) is 10.3. The zero-order chi connectivity index (χ0) is 20.2. The van der Waals surface area contributed by atoms with Crippen molar-refractivity contribution >= 4 is 17.6 Å². The molecule has 5 nitrogen and oxygen atoms in total. The van der Waals surface area contributed by atoms with Crippen LogP contribution in [0.4, 0.5) is 5.69 Å². The lowest BCUT2D eigenvalue weighted by Crippen LogP contribution is -2.67. The highest BCUT2D eigenvalue weighted by molar-refractivity contribution is 6.04. The highest BCUT2D eigenvalue weighted by Crippen LogP contribution is 2.51. The fourth-order valence-electron chi connectivity index (χ4n) is 5.26. The van der Waals surface area contributed by atoms with Gasteiger partial charge in [0, 0.05) is 32.5 Å². The van der Waals surface area contributed by atoms with E-state index in [-0.39, 0.29) is 12.0 Å². The van der Waals surface area contributed by atoms with E-state index in [1.165, 1.54) is 5.56 Å². The molecule has 0 N–H and O–H groups in total. The van der Waals surface area contributed by atoms with E-state index in [9.17, 15) is 9.59 Å². The molecule has 1 spiro atoms. The van der Waals surface area contributed by atoms with Gasteiger partial charge in [0.15, 0.2) is 5.41 Å². The molecule has 0 aliphatic carbocycles. The van der Waals surface area contributed by atoms with Crippen molar-refractivity contribution in [2.24, 2.45) is 5.41 Å². The molecule has 2 saturated heterocycles. The molecule has 0 aromatic heterocycles. The number of piperidine rings is 1. The molecule has 2 aromatic rings. The molecule has 0 radical (unpaired) electrons. The molecule has 5 rings (SSSR count). The van der Waals surface area contributed by atoms with Crippen LogP contribution in [0.3, 0.4) is 0 Å². The molecule has 0 saturated carbocycles. The Morgan fingerprint density at radius 1 is 0.931 bits per heavy atom. The molecule has 2 atom stereocenters. The number of nitrogens with zero attached hydrogens (tertiary/aromatic N) is 1. The minimum absolute atomic E-state index is 0.285. The van der Waals surface area contributed by atoms with Gasteiger partial charge in [-0.05, 0) is 36.0 Å². The number of para-hydroxylation sites is 1. The maximum atomic E-state index is 13.4. The summed E-state index contributed by atoms with van der Waals surface area (Å²) in [4.78, 5) is 28.9. The first kappa shape index (κ1) is 18.2. The van der Waals surface area contributed by atoms with E-state index < -0.39 is 23.1 Å². The Kier molecular flexibility index (Phi) is 3.99. The minimum Gasteiger partial charge on any atom is -0.422 e. The van der Waals surface area contributed by atoms with Crippen LogP contribution in [0.1, 0.15) is 43.7 Å². The Labute approximate surface area is 170 Å². The Morgan fingerprint density at radius 2 is 1.59 bits per heavy atom. The number of fused-ring (bicyclic) bond motifs is 4.